The summed E-state index contributed by atoms with van der Waals surface area (Å²) in [7, 11) is -3.56. The minimum absolute atomic E-state index is 0.113. The van der Waals surface area contributed by atoms with Crippen LogP contribution >= 0.6 is 0 Å². The highest BCUT2D eigenvalue weighted by atomic mass is 32.2. The van der Waals surface area contributed by atoms with Gasteiger partial charge in [-0.25, -0.2) is 13.1 Å². The van der Waals surface area contributed by atoms with Crippen LogP contribution in [-0.2, 0) is 14.8 Å². The van der Waals surface area contributed by atoms with Gasteiger partial charge in [0.05, 0.1) is 12.3 Å². The minimum atomic E-state index is -3.56. The molecule has 0 atom stereocenters. The van der Waals surface area contributed by atoms with Crippen molar-refractivity contribution in [3.05, 3.63) is 23.8 Å². The fourth-order valence-electron chi connectivity index (χ4n) is 1.56. The number of ether oxygens (including phenoxy) is 1. The maximum absolute atomic E-state index is 12.0. The number of nitrogens with two attached hydrogens (primary N) is 1. The molecule has 0 saturated carbocycles. The zero-order valence-corrected chi connectivity index (χ0v) is 12.5. The number of aryl methyl sites for hydroxylation is 1. The van der Waals surface area contributed by atoms with Gasteiger partial charge in [0.25, 0.3) is 0 Å². The number of benzene rings is 1. The summed E-state index contributed by atoms with van der Waals surface area (Å²) >= 11 is 0. The molecule has 0 saturated heterocycles. The second-order valence-electron chi connectivity index (χ2n) is 4.91. The first-order chi connectivity index (χ1) is 8.83. The number of hydrogen-bond acceptors (Lipinski definition) is 4. The summed E-state index contributed by atoms with van der Waals surface area (Å²) in [6.45, 7) is 7.15. The van der Waals surface area contributed by atoms with E-state index in [0.29, 0.717) is 19.1 Å². The Morgan fingerprint density at radius 2 is 2.05 bits per heavy atom. The summed E-state index contributed by atoms with van der Waals surface area (Å²) in [6.07, 6.45) is 0. The van der Waals surface area contributed by atoms with E-state index in [1.54, 1.807) is 12.1 Å². The molecule has 1 rings (SSSR count). The van der Waals surface area contributed by atoms with Crippen LogP contribution in [0, 0.1) is 12.8 Å². The van der Waals surface area contributed by atoms with Gasteiger partial charge in [0.1, 0.15) is 4.90 Å². The number of hydrogen-bond donors (Lipinski definition) is 2. The molecule has 1 aromatic rings. The van der Waals surface area contributed by atoms with Gasteiger partial charge in [0, 0.05) is 13.2 Å². The average Bonchev–Trinajstić information content (AvgIpc) is 2.27. The lowest BCUT2D eigenvalue weighted by atomic mass is 10.2. The molecule has 19 heavy (non-hydrogen) atoms. The molecule has 3 N–H and O–H groups in total. The largest absolute Gasteiger partial charge is 0.398 e. The Labute approximate surface area is 115 Å². The van der Waals surface area contributed by atoms with Gasteiger partial charge in [0.15, 0.2) is 0 Å². The van der Waals surface area contributed by atoms with E-state index in [1.165, 1.54) is 6.07 Å². The molecule has 0 heterocycles. The van der Waals surface area contributed by atoms with Gasteiger partial charge in [0.2, 0.25) is 10.0 Å². The number of nitrogen functional groups attached to an aromatic ring is 1. The number of nitrogens with one attached hydrogen (secondary N) is 1. The van der Waals surface area contributed by atoms with Crippen LogP contribution in [-0.4, -0.2) is 28.2 Å². The molecule has 0 spiro atoms. The standard InChI is InChI=1S/C13H22N2O3S/c1-10(2)9-18-7-6-15-19(16,17)13-5-4-11(3)8-12(13)14/h4-5,8,10,15H,6-7,9,14H2,1-3H3. The zero-order chi connectivity index (χ0) is 14.5. The van der Waals surface area contributed by atoms with Gasteiger partial charge in [-0.2, -0.15) is 0 Å². The van der Waals surface area contributed by atoms with Gasteiger partial charge in [-0.05, 0) is 30.5 Å². The van der Waals surface area contributed by atoms with Crippen LogP contribution in [0.2, 0.25) is 0 Å². The van der Waals surface area contributed by atoms with Crippen LogP contribution in [0.25, 0.3) is 0 Å². The topological polar surface area (TPSA) is 81.4 Å². The Hall–Kier alpha value is -1.11. The monoisotopic (exact) mass is 286 g/mol. The third kappa shape index (κ3) is 5.18. The van der Waals surface area contributed by atoms with Gasteiger partial charge >= 0.3 is 0 Å². The SMILES string of the molecule is Cc1ccc(S(=O)(=O)NCCOCC(C)C)c(N)c1. The third-order valence-electron chi connectivity index (χ3n) is 2.44. The van der Waals surface area contributed by atoms with Gasteiger partial charge < -0.3 is 10.5 Å². The molecule has 0 aliphatic carbocycles. The molecule has 0 fully saturated rings. The van der Waals surface area contributed by atoms with Crippen molar-refractivity contribution in [3.8, 4) is 0 Å². The fourth-order valence-corrected chi connectivity index (χ4v) is 2.68. The van der Waals surface area contributed by atoms with E-state index in [4.69, 9.17) is 10.5 Å². The second kappa shape index (κ2) is 6.88. The van der Waals surface area contributed by atoms with E-state index < -0.39 is 10.0 Å². The summed E-state index contributed by atoms with van der Waals surface area (Å²) < 4.78 is 31.8. The van der Waals surface area contributed by atoms with E-state index in [1.807, 2.05) is 20.8 Å². The molecule has 1 aromatic carbocycles. The molecule has 108 valence electrons. The van der Waals surface area contributed by atoms with Crippen molar-refractivity contribution in [3.63, 3.8) is 0 Å². The quantitative estimate of drug-likeness (QED) is 0.588. The Morgan fingerprint density at radius 1 is 1.37 bits per heavy atom. The summed E-state index contributed by atoms with van der Waals surface area (Å²) in [4.78, 5) is 0.113. The van der Waals surface area contributed by atoms with Crippen molar-refractivity contribution >= 4 is 15.7 Å². The fraction of sp³-hybridized carbons (Fsp3) is 0.538. The van der Waals surface area contributed by atoms with Crippen LogP contribution in [0.4, 0.5) is 5.69 Å². The van der Waals surface area contributed by atoms with E-state index in [0.717, 1.165) is 5.56 Å². The molecular weight excluding hydrogens is 264 g/mol. The first-order valence-corrected chi connectivity index (χ1v) is 7.75. The lowest BCUT2D eigenvalue weighted by molar-refractivity contribution is 0.114. The Kier molecular flexibility index (Phi) is 5.78. The predicted molar refractivity (Wildman–Crippen MR) is 76.4 cm³/mol. The van der Waals surface area contributed by atoms with Crippen molar-refractivity contribution in [1.29, 1.82) is 0 Å². The first-order valence-electron chi connectivity index (χ1n) is 6.26. The van der Waals surface area contributed by atoms with E-state index in [2.05, 4.69) is 4.72 Å². The van der Waals surface area contributed by atoms with Crippen LogP contribution < -0.4 is 10.5 Å². The maximum atomic E-state index is 12.0. The molecule has 5 nitrogen and oxygen atoms in total. The molecular formula is C13H22N2O3S. The van der Waals surface area contributed by atoms with Crippen molar-refractivity contribution < 1.29 is 13.2 Å². The Bertz CT molecular complexity index is 513. The second-order valence-corrected chi connectivity index (χ2v) is 6.64. The van der Waals surface area contributed by atoms with E-state index in [9.17, 15) is 8.42 Å². The molecule has 0 aliphatic rings. The van der Waals surface area contributed by atoms with Gasteiger partial charge in [-0.15, -0.1) is 0 Å². The van der Waals surface area contributed by atoms with E-state index in [-0.39, 0.29) is 17.1 Å². The normalized spacial score (nSPS) is 12.0. The third-order valence-corrected chi connectivity index (χ3v) is 3.98. The van der Waals surface area contributed by atoms with Crippen molar-refractivity contribution in [2.45, 2.75) is 25.7 Å². The predicted octanol–water partition coefficient (Wildman–Crippen LogP) is 1.53. The summed E-state index contributed by atoms with van der Waals surface area (Å²) in [5.74, 6) is 0.435. The van der Waals surface area contributed by atoms with E-state index >= 15 is 0 Å². The summed E-state index contributed by atoms with van der Waals surface area (Å²) in [6, 6.07) is 4.88. The van der Waals surface area contributed by atoms with Gasteiger partial charge in [-0.1, -0.05) is 19.9 Å². The number of sulfonamides is 1. The van der Waals surface area contributed by atoms with Crippen LogP contribution in [0.3, 0.4) is 0 Å². The molecule has 0 radical (unpaired) electrons. The molecule has 0 aromatic heterocycles. The highest BCUT2D eigenvalue weighted by molar-refractivity contribution is 7.89. The number of rotatable bonds is 7. The zero-order valence-electron chi connectivity index (χ0n) is 11.6. The lowest BCUT2D eigenvalue weighted by Crippen LogP contribution is -2.28. The lowest BCUT2D eigenvalue weighted by Gasteiger charge is -2.10. The molecule has 6 heteroatoms. The molecule has 0 amide bonds. The summed E-state index contributed by atoms with van der Waals surface area (Å²) in [5, 5.41) is 0. The van der Waals surface area contributed by atoms with Crippen molar-refractivity contribution in [2.24, 2.45) is 5.92 Å². The van der Waals surface area contributed by atoms with Crippen molar-refractivity contribution in [2.75, 3.05) is 25.5 Å². The van der Waals surface area contributed by atoms with Crippen molar-refractivity contribution in [1.82, 2.24) is 4.72 Å². The maximum Gasteiger partial charge on any atom is 0.242 e. The molecule has 0 aliphatic heterocycles. The Morgan fingerprint density at radius 3 is 2.63 bits per heavy atom. The number of anilines is 1. The van der Waals surface area contributed by atoms with Crippen LogP contribution in [0.15, 0.2) is 23.1 Å². The average molecular weight is 286 g/mol. The van der Waals surface area contributed by atoms with Crippen LogP contribution in [0.5, 0.6) is 0 Å². The Balaban J connectivity index is 2.56. The first kappa shape index (κ1) is 15.9. The van der Waals surface area contributed by atoms with Crippen LogP contribution in [0.1, 0.15) is 19.4 Å². The van der Waals surface area contributed by atoms with Gasteiger partial charge in [-0.3, -0.25) is 0 Å². The molecule has 0 unspecified atom stereocenters. The summed E-state index contributed by atoms with van der Waals surface area (Å²) in [5.41, 5.74) is 6.91. The highest BCUT2D eigenvalue weighted by Gasteiger charge is 2.16. The highest BCUT2D eigenvalue weighted by Crippen LogP contribution is 2.18. The minimum Gasteiger partial charge on any atom is -0.398 e. The molecule has 0 bridgehead atoms. The smallest absolute Gasteiger partial charge is 0.242 e.